The van der Waals surface area contributed by atoms with Crippen molar-refractivity contribution in [3.8, 4) is 5.75 Å². The van der Waals surface area contributed by atoms with E-state index in [9.17, 15) is 14.4 Å². The molecule has 1 aliphatic rings. The van der Waals surface area contributed by atoms with Crippen molar-refractivity contribution in [3.63, 3.8) is 0 Å². The molecule has 1 saturated heterocycles. The van der Waals surface area contributed by atoms with Gasteiger partial charge >= 0.3 is 12.5 Å². The summed E-state index contributed by atoms with van der Waals surface area (Å²) in [5.74, 6) is 0.212. The van der Waals surface area contributed by atoms with E-state index in [0.29, 0.717) is 42.5 Å². The Morgan fingerprint density at radius 2 is 2.11 bits per heavy atom. The molecule has 0 bridgehead atoms. The minimum atomic E-state index is -0.920. The minimum absolute atomic E-state index is 0.0855. The summed E-state index contributed by atoms with van der Waals surface area (Å²) >= 11 is 6.40. The van der Waals surface area contributed by atoms with E-state index >= 15 is 0 Å². The summed E-state index contributed by atoms with van der Waals surface area (Å²) < 4.78 is 10.7. The highest BCUT2D eigenvalue weighted by atomic mass is 35.5. The topological polar surface area (TPSA) is 98.9 Å². The lowest BCUT2D eigenvalue weighted by Gasteiger charge is -2.45. The van der Waals surface area contributed by atoms with Gasteiger partial charge in [-0.3, -0.25) is 9.59 Å². The highest BCUT2D eigenvalue weighted by Gasteiger charge is 2.41. The average molecular weight is 410 g/mol. The van der Waals surface area contributed by atoms with Crippen LogP contribution in [0.2, 0.25) is 5.02 Å². The zero-order valence-electron chi connectivity index (χ0n) is 16.5. The summed E-state index contributed by atoms with van der Waals surface area (Å²) in [6.45, 7) is 6.62. The van der Waals surface area contributed by atoms with Crippen LogP contribution >= 0.6 is 11.6 Å². The van der Waals surface area contributed by atoms with Gasteiger partial charge in [0.05, 0.1) is 12.7 Å². The molecule has 1 fully saturated rings. The number of nitrogens with zero attached hydrogens (tertiary/aromatic N) is 1. The Labute approximate surface area is 170 Å². The number of nitrogens with two attached hydrogens (primary N) is 1. The van der Waals surface area contributed by atoms with Crippen LogP contribution in [0, 0.1) is 11.3 Å². The van der Waals surface area contributed by atoms with Gasteiger partial charge < -0.3 is 20.1 Å². The number of methoxy groups -OCH3 is 1. The van der Waals surface area contributed by atoms with E-state index in [1.54, 1.807) is 11.0 Å². The van der Waals surface area contributed by atoms with Crippen LogP contribution in [0.1, 0.15) is 55.6 Å². The van der Waals surface area contributed by atoms with Gasteiger partial charge in [0.1, 0.15) is 11.9 Å². The van der Waals surface area contributed by atoms with Crippen molar-refractivity contribution in [1.29, 1.82) is 0 Å². The first-order valence-corrected chi connectivity index (χ1v) is 9.43. The number of carbonyl (C=O) groups is 2. The summed E-state index contributed by atoms with van der Waals surface area (Å²) in [5.41, 5.74) is 5.96. The molecule has 0 aliphatic carbocycles. The first-order chi connectivity index (χ1) is 13.1. The molecule has 1 aromatic carbocycles. The largest absolute Gasteiger partial charge is 0.496 e. The molecule has 1 aliphatic heterocycles. The molecule has 3 unspecified atom stereocenters. The number of primary amides is 1. The lowest BCUT2D eigenvalue weighted by molar-refractivity contribution is 0.0109. The fourth-order valence-electron chi connectivity index (χ4n) is 3.81. The molecule has 2 N–H and O–H groups in total. The molecule has 1 radical (unpaired) electrons. The number of hydrogen-bond acceptors (Lipinski definition) is 5. The van der Waals surface area contributed by atoms with Gasteiger partial charge in [-0.2, -0.15) is 0 Å². The Morgan fingerprint density at radius 3 is 2.61 bits per heavy atom. The number of aldehydes is 1. The van der Waals surface area contributed by atoms with Crippen molar-refractivity contribution in [2.24, 2.45) is 17.1 Å². The Hall–Kier alpha value is -2.28. The third kappa shape index (κ3) is 4.76. The van der Waals surface area contributed by atoms with Crippen LogP contribution in [-0.2, 0) is 9.53 Å². The zero-order chi connectivity index (χ0) is 21.1. The lowest BCUT2D eigenvalue weighted by Crippen LogP contribution is -2.49. The number of rotatable bonds is 6. The fourth-order valence-corrected chi connectivity index (χ4v) is 4.09. The Bertz CT molecular complexity index is 747. The fraction of sp³-hybridized carbons (Fsp3) is 0.550. The van der Waals surface area contributed by atoms with E-state index in [1.165, 1.54) is 13.2 Å². The molecule has 7 nitrogen and oxygen atoms in total. The maximum absolute atomic E-state index is 11.6. The summed E-state index contributed by atoms with van der Waals surface area (Å²) in [4.78, 5) is 35.9. The van der Waals surface area contributed by atoms with E-state index < -0.39 is 12.2 Å². The number of likely N-dealkylation sites (tertiary alicyclic amines) is 1. The predicted octanol–water partition coefficient (Wildman–Crippen LogP) is 3.49. The first kappa shape index (κ1) is 22.0. The highest BCUT2D eigenvalue weighted by molar-refractivity contribution is 6.31. The van der Waals surface area contributed by atoms with E-state index in [4.69, 9.17) is 26.8 Å². The smallest absolute Gasteiger partial charge is 0.405 e. The average Bonchev–Trinajstić information content (AvgIpc) is 2.64. The van der Waals surface area contributed by atoms with Gasteiger partial charge in [-0.15, -0.1) is 0 Å². The van der Waals surface area contributed by atoms with Crippen molar-refractivity contribution in [2.45, 2.75) is 45.8 Å². The van der Waals surface area contributed by atoms with E-state index in [-0.39, 0.29) is 22.4 Å². The van der Waals surface area contributed by atoms with Crippen LogP contribution in [0.15, 0.2) is 12.1 Å². The van der Waals surface area contributed by atoms with Crippen molar-refractivity contribution in [1.82, 2.24) is 4.90 Å². The maximum atomic E-state index is 11.6. The molecule has 2 amide bonds. The maximum Gasteiger partial charge on any atom is 0.405 e. The normalized spacial score (nSPS) is 21.0. The summed E-state index contributed by atoms with van der Waals surface area (Å²) in [6, 6.07) is 3.00. The number of benzene rings is 1. The third-order valence-electron chi connectivity index (χ3n) is 5.21. The standard InChI is InChI=1S/C20H26ClN2O5/c1-20(2,3)17-8-12(5-6-23(17)11-25)18(28-19(22)26)14-9-16(27-4)13(10-24)7-15(14)21/h7,9-10,12,17-18H,5-6,8H2,1-4H3,(H2,22,26). The van der Waals surface area contributed by atoms with E-state index in [1.807, 2.05) is 27.2 Å². The van der Waals surface area contributed by atoms with Crippen LogP contribution < -0.4 is 10.5 Å². The van der Waals surface area contributed by atoms with Crippen molar-refractivity contribution < 1.29 is 23.9 Å². The monoisotopic (exact) mass is 409 g/mol. The molecule has 2 rings (SSSR count). The molecule has 3 atom stereocenters. The Morgan fingerprint density at radius 1 is 1.43 bits per heavy atom. The van der Waals surface area contributed by atoms with Crippen LogP contribution in [0.25, 0.3) is 0 Å². The highest BCUT2D eigenvalue weighted by Crippen LogP contribution is 2.43. The van der Waals surface area contributed by atoms with Crippen molar-refractivity contribution >= 4 is 30.4 Å². The van der Waals surface area contributed by atoms with Gasteiger partial charge in [0.15, 0.2) is 6.29 Å². The Balaban J connectivity index is 2.46. The number of ether oxygens (including phenoxy) is 2. The van der Waals surface area contributed by atoms with E-state index in [2.05, 4.69) is 0 Å². The molecule has 1 heterocycles. The minimum Gasteiger partial charge on any atom is -0.496 e. The SMILES string of the molecule is COc1cc(C(OC(N)=O)C2CCN([C]=O)C(C(C)(C)C)C2)c(Cl)cc1C=O. The lowest BCUT2D eigenvalue weighted by atomic mass is 9.74. The van der Waals surface area contributed by atoms with Gasteiger partial charge in [0.2, 0.25) is 0 Å². The van der Waals surface area contributed by atoms with Crippen LogP contribution in [-0.4, -0.2) is 43.4 Å². The second kappa shape index (κ2) is 8.82. The Kier molecular flexibility index (Phi) is 6.93. The van der Waals surface area contributed by atoms with Gasteiger partial charge in [0, 0.05) is 29.1 Å². The molecule has 8 heteroatoms. The molecule has 0 aromatic heterocycles. The summed E-state index contributed by atoms with van der Waals surface area (Å²) in [6.07, 6.45) is 2.19. The number of carbonyl (C=O) groups excluding carboxylic acids is 3. The zero-order valence-corrected chi connectivity index (χ0v) is 17.3. The molecule has 0 saturated carbocycles. The third-order valence-corrected chi connectivity index (χ3v) is 5.54. The van der Waals surface area contributed by atoms with Gasteiger partial charge in [-0.25, -0.2) is 4.79 Å². The van der Waals surface area contributed by atoms with Crippen LogP contribution in [0.4, 0.5) is 4.79 Å². The number of hydrogen-bond donors (Lipinski definition) is 1. The van der Waals surface area contributed by atoms with E-state index in [0.717, 1.165) is 0 Å². The first-order valence-electron chi connectivity index (χ1n) is 9.05. The second-order valence-electron chi connectivity index (χ2n) is 8.04. The van der Waals surface area contributed by atoms with Gasteiger partial charge in [-0.1, -0.05) is 32.4 Å². The number of piperidine rings is 1. The summed E-state index contributed by atoms with van der Waals surface area (Å²) in [5, 5.41) is 0.283. The molecule has 1 aromatic rings. The summed E-state index contributed by atoms with van der Waals surface area (Å²) in [7, 11) is 1.44. The number of halogens is 1. The van der Waals surface area contributed by atoms with Gasteiger partial charge in [0.25, 0.3) is 0 Å². The number of amides is 2. The molecule has 0 spiro atoms. The van der Waals surface area contributed by atoms with Crippen LogP contribution in [0.3, 0.4) is 0 Å². The van der Waals surface area contributed by atoms with Crippen LogP contribution in [0.5, 0.6) is 5.75 Å². The quantitative estimate of drug-likeness (QED) is 0.725. The molecular weight excluding hydrogens is 384 g/mol. The molecule has 28 heavy (non-hydrogen) atoms. The molecular formula is C20H26ClN2O5. The second-order valence-corrected chi connectivity index (χ2v) is 8.45. The van der Waals surface area contributed by atoms with Crippen molar-refractivity contribution in [2.75, 3.05) is 13.7 Å². The predicted molar refractivity (Wildman–Crippen MR) is 105 cm³/mol. The van der Waals surface area contributed by atoms with Gasteiger partial charge in [-0.05, 0) is 30.4 Å². The molecule has 153 valence electrons. The van der Waals surface area contributed by atoms with Crippen molar-refractivity contribution in [3.05, 3.63) is 28.3 Å².